The molecule has 130 valence electrons. The first-order chi connectivity index (χ1) is 12.6. The molecule has 3 heterocycles. The lowest BCUT2D eigenvalue weighted by molar-refractivity contribution is 0.215. The summed E-state index contributed by atoms with van der Waals surface area (Å²) in [5.74, 6) is -1.04. The van der Waals surface area contributed by atoms with E-state index in [9.17, 15) is 13.9 Å². The van der Waals surface area contributed by atoms with E-state index in [1.165, 1.54) is 23.7 Å². The number of thiophene rings is 1. The van der Waals surface area contributed by atoms with Gasteiger partial charge in [0, 0.05) is 34.5 Å². The van der Waals surface area contributed by atoms with Gasteiger partial charge in [0.05, 0.1) is 4.88 Å². The number of hydrogen-bond donors (Lipinski definition) is 2. The fourth-order valence-electron chi connectivity index (χ4n) is 2.66. The summed E-state index contributed by atoms with van der Waals surface area (Å²) in [6.45, 7) is 0. The minimum atomic E-state index is -1.28. The molecule has 5 nitrogen and oxygen atoms in total. The molecule has 0 saturated heterocycles. The molecule has 1 atom stereocenters. The molecule has 0 aliphatic heterocycles. The summed E-state index contributed by atoms with van der Waals surface area (Å²) in [7, 11) is 0. The van der Waals surface area contributed by atoms with Crippen molar-refractivity contribution in [2.45, 2.75) is 6.10 Å². The first-order valence-corrected chi connectivity index (χ1v) is 8.48. The van der Waals surface area contributed by atoms with Gasteiger partial charge in [0.25, 0.3) is 0 Å². The van der Waals surface area contributed by atoms with Gasteiger partial charge in [0.15, 0.2) is 5.82 Å². The van der Waals surface area contributed by atoms with E-state index in [-0.39, 0.29) is 5.56 Å². The van der Waals surface area contributed by atoms with E-state index in [0.29, 0.717) is 16.3 Å². The smallest absolute Gasteiger partial charge is 0.165 e. The zero-order chi connectivity index (χ0) is 18.1. The molecule has 0 fully saturated rings. The zero-order valence-electron chi connectivity index (χ0n) is 13.2. The van der Waals surface area contributed by atoms with E-state index in [1.54, 1.807) is 18.5 Å². The Morgan fingerprint density at radius 1 is 1.04 bits per heavy atom. The molecular formula is C18H12F2N4OS. The number of halogens is 2. The van der Waals surface area contributed by atoms with E-state index in [0.717, 1.165) is 22.6 Å². The monoisotopic (exact) mass is 370 g/mol. The van der Waals surface area contributed by atoms with Gasteiger partial charge >= 0.3 is 0 Å². The first kappa shape index (κ1) is 16.5. The zero-order valence-corrected chi connectivity index (χ0v) is 14.0. The second kappa shape index (κ2) is 6.74. The van der Waals surface area contributed by atoms with Crippen LogP contribution in [0.2, 0.25) is 0 Å². The van der Waals surface area contributed by atoms with E-state index in [2.05, 4.69) is 20.2 Å². The van der Waals surface area contributed by atoms with Gasteiger partial charge in [-0.3, -0.25) is 10.1 Å². The quantitative estimate of drug-likeness (QED) is 0.570. The van der Waals surface area contributed by atoms with Crippen molar-refractivity contribution < 1.29 is 13.9 Å². The van der Waals surface area contributed by atoms with Crippen LogP contribution in [0.4, 0.5) is 8.78 Å². The van der Waals surface area contributed by atoms with Crippen molar-refractivity contribution in [3.05, 3.63) is 77.9 Å². The van der Waals surface area contributed by atoms with Gasteiger partial charge in [0.2, 0.25) is 0 Å². The third-order valence-corrected chi connectivity index (χ3v) is 5.11. The number of pyridine rings is 1. The molecule has 4 aromatic rings. The summed E-state index contributed by atoms with van der Waals surface area (Å²) in [6.07, 6.45) is 3.41. The van der Waals surface area contributed by atoms with Crippen LogP contribution in [0.25, 0.3) is 21.1 Å². The summed E-state index contributed by atoms with van der Waals surface area (Å²) in [6, 6.07) is 8.55. The Bertz CT molecular complexity index is 1030. The number of rotatable bonds is 4. The molecule has 2 N–H and O–H groups in total. The molecular weight excluding hydrogens is 358 g/mol. The molecule has 0 spiro atoms. The summed E-state index contributed by atoms with van der Waals surface area (Å²) < 4.78 is 27.3. The van der Waals surface area contributed by atoms with E-state index < -0.39 is 17.7 Å². The van der Waals surface area contributed by atoms with Crippen LogP contribution in [0, 0.1) is 11.6 Å². The van der Waals surface area contributed by atoms with E-state index in [4.69, 9.17) is 0 Å². The fraction of sp³-hybridized carbons (Fsp3) is 0.0556. The number of hydrogen-bond acceptors (Lipinski definition) is 5. The lowest BCUT2D eigenvalue weighted by Crippen LogP contribution is -2.03. The van der Waals surface area contributed by atoms with Crippen LogP contribution in [-0.4, -0.2) is 25.3 Å². The standard InChI is InChI=1S/C18H12F2N4OS/c19-11-1-2-12(14(20)7-11)16(25)13-8-15(10-3-5-21-6-4-10)26-17(13)18-22-9-23-24-18/h1-9,16,25H,(H,22,23,24). The summed E-state index contributed by atoms with van der Waals surface area (Å²) in [4.78, 5) is 9.61. The highest BCUT2D eigenvalue weighted by atomic mass is 32.1. The highest BCUT2D eigenvalue weighted by molar-refractivity contribution is 7.19. The third kappa shape index (κ3) is 3.00. The Hall–Kier alpha value is -2.97. The van der Waals surface area contributed by atoms with Crippen molar-refractivity contribution in [2.24, 2.45) is 0 Å². The molecule has 0 aliphatic carbocycles. The summed E-state index contributed by atoms with van der Waals surface area (Å²) in [5, 5.41) is 17.4. The molecule has 4 rings (SSSR count). The largest absolute Gasteiger partial charge is 0.383 e. The second-order valence-corrected chi connectivity index (χ2v) is 6.59. The topological polar surface area (TPSA) is 74.7 Å². The third-order valence-electron chi connectivity index (χ3n) is 3.91. The number of nitrogens with zero attached hydrogens (tertiary/aromatic N) is 3. The molecule has 1 aromatic carbocycles. The van der Waals surface area contributed by atoms with Crippen LogP contribution in [0.3, 0.4) is 0 Å². The highest BCUT2D eigenvalue weighted by Crippen LogP contribution is 2.41. The van der Waals surface area contributed by atoms with Gasteiger partial charge in [0.1, 0.15) is 24.1 Å². The van der Waals surface area contributed by atoms with Crippen LogP contribution in [0.1, 0.15) is 17.2 Å². The number of nitrogens with one attached hydrogen (secondary N) is 1. The number of aliphatic hydroxyl groups excluding tert-OH is 1. The Kier molecular flexibility index (Phi) is 4.27. The van der Waals surface area contributed by atoms with Crippen LogP contribution in [-0.2, 0) is 0 Å². The number of aliphatic hydroxyl groups is 1. The Labute approximate surface area is 151 Å². The van der Waals surface area contributed by atoms with E-state index >= 15 is 0 Å². The second-order valence-electron chi connectivity index (χ2n) is 5.53. The molecule has 0 amide bonds. The minimum absolute atomic E-state index is 0.00811. The van der Waals surface area contributed by atoms with Gasteiger partial charge in [-0.2, -0.15) is 5.10 Å². The van der Waals surface area contributed by atoms with Crippen molar-refractivity contribution in [3.63, 3.8) is 0 Å². The molecule has 3 aromatic heterocycles. The fourth-order valence-corrected chi connectivity index (χ4v) is 3.80. The van der Waals surface area contributed by atoms with E-state index in [1.807, 2.05) is 12.1 Å². The first-order valence-electron chi connectivity index (χ1n) is 7.66. The lowest BCUT2D eigenvalue weighted by Gasteiger charge is -2.12. The number of aromatic amines is 1. The van der Waals surface area contributed by atoms with Crippen molar-refractivity contribution >= 4 is 11.3 Å². The molecule has 8 heteroatoms. The molecule has 0 aliphatic rings. The Balaban J connectivity index is 1.85. The average Bonchev–Trinajstić information content (AvgIpc) is 3.31. The van der Waals surface area contributed by atoms with Crippen LogP contribution < -0.4 is 0 Å². The van der Waals surface area contributed by atoms with Gasteiger partial charge in [-0.25, -0.2) is 13.8 Å². The average molecular weight is 370 g/mol. The maximum absolute atomic E-state index is 14.1. The predicted molar refractivity (Wildman–Crippen MR) is 93.3 cm³/mol. The Morgan fingerprint density at radius 3 is 2.54 bits per heavy atom. The van der Waals surface area contributed by atoms with Crippen LogP contribution in [0.15, 0.2) is 55.1 Å². The van der Waals surface area contributed by atoms with Crippen molar-refractivity contribution in [1.29, 1.82) is 0 Å². The highest BCUT2D eigenvalue weighted by Gasteiger charge is 2.24. The molecule has 1 unspecified atom stereocenters. The maximum atomic E-state index is 14.1. The van der Waals surface area contributed by atoms with Crippen LogP contribution in [0.5, 0.6) is 0 Å². The number of H-pyrrole nitrogens is 1. The molecule has 0 saturated carbocycles. The molecule has 0 radical (unpaired) electrons. The van der Waals surface area contributed by atoms with Gasteiger partial charge in [-0.05, 0) is 29.8 Å². The van der Waals surface area contributed by atoms with Gasteiger partial charge < -0.3 is 5.11 Å². The van der Waals surface area contributed by atoms with Crippen LogP contribution >= 0.6 is 11.3 Å². The van der Waals surface area contributed by atoms with Crippen molar-refractivity contribution in [2.75, 3.05) is 0 Å². The Morgan fingerprint density at radius 2 is 1.85 bits per heavy atom. The predicted octanol–water partition coefficient (Wildman–Crippen LogP) is 3.96. The molecule has 26 heavy (non-hydrogen) atoms. The maximum Gasteiger partial charge on any atom is 0.165 e. The van der Waals surface area contributed by atoms with Crippen molar-refractivity contribution in [3.8, 4) is 21.1 Å². The lowest BCUT2D eigenvalue weighted by atomic mass is 10.00. The summed E-state index contributed by atoms with van der Waals surface area (Å²) >= 11 is 1.38. The number of aromatic nitrogens is 4. The normalized spacial score (nSPS) is 12.3. The summed E-state index contributed by atoms with van der Waals surface area (Å²) in [5.41, 5.74) is 1.36. The number of benzene rings is 1. The van der Waals surface area contributed by atoms with Gasteiger partial charge in [-0.15, -0.1) is 11.3 Å². The SMILES string of the molecule is OC(c1ccc(F)cc1F)c1cc(-c2ccncc2)sc1-c1ncn[nH]1. The molecule has 0 bridgehead atoms. The van der Waals surface area contributed by atoms with Crippen molar-refractivity contribution in [1.82, 2.24) is 20.2 Å². The van der Waals surface area contributed by atoms with Gasteiger partial charge in [-0.1, -0.05) is 6.07 Å². The minimum Gasteiger partial charge on any atom is -0.383 e.